The maximum atomic E-state index is 12.7. The molecular weight excluding hydrogens is 376 g/mol. The predicted octanol–water partition coefficient (Wildman–Crippen LogP) is 3.53. The van der Waals surface area contributed by atoms with Crippen LogP contribution in [0, 0.1) is 11.3 Å². The SMILES string of the molecule is CCO.CCOC(=O)C1=C(c2ccccc2)OC(N)=C(C#N)C1c1ccsc1. The topological polar surface area (TPSA) is 106 Å². The molecule has 2 aromatic rings. The molecule has 0 bridgehead atoms. The van der Waals surface area contributed by atoms with E-state index in [2.05, 4.69) is 6.07 Å². The summed E-state index contributed by atoms with van der Waals surface area (Å²) in [4.78, 5) is 12.7. The Morgan fingerprint density at radius 1 is 1.32 bits per heavy atom. The number of thiophene rings is 1. The fraction of sp³-hybridized carbons (Fsp3) is 0.238. The Hall–Kier alpha value is -3.08. The summed E-state index contributed by atoms with van der Waals surface area (Å²) in [6.45, 7) is 3.89. The van der Waals surface area contributed by atoms with Gasteiger partial charge in [0.1, 0.15) is 17.4 Å². The summed E-state index contributed by atoms with van der Waals surface area (Å²) in [5.74, 6) is -0.797. The highest BCUT2D eigenvalue weighted by molar-refractivity contribution is 7.08. The summed E-state index contributed by atoms with van der Waals surface area (Å²) in [6, 6.07) is 13.1. The van der Waals surface area contributed by atoms with E-state index in [1.54, 1.807) is 13.8 Å². The minimum atomic E-state index is -0.612. The second-order valence-electron chi connectivity index (χ2n) is 5.63. The van der Waals surface area contributed by atoms with Crippen LogP contribution in [0.1, 0.15) is 30.9 Å². The highest BCUT2D eigenvalue weighted by atomic mass is 32.1. The number of nitriles is 1. The molecule has 0 aliphatic carbocycles. The fourth-order valence-electron chi connectivity index (χ4n) is 2.75. The zero-order chi connectivity index (χ0) is 20.5. The highest BCUT2D eigenvalue weighted by Crippen LogP contribution is 2.43. The van der Waals surface area contributed by atoms with Crippen LogP contribution < -0.4 is 5.73 Å². The molecule has 1 atom stereocenters. The molecule has 28 heavy (non-hydrogen) atoms. The van der Waals surface area contributed by atoms with Crippen LogP contribution in [0.15, 0.2) is 64.2 Å². The van der Waals surface area contributed by atoms with Crippen molar-refractivity contribution in [3.8, 4) is 6.07 Å². The normalized spacial score (nSPS) is 15.9. The van der Waals surface area contributed by atoms with E-state index in [-0.39, 0.29) is 30.2 Å². The number of carbonyl (C=O) groups is 1. The molecule has 2 heterocycles. The molecule has 7 heteroatoms. The lowest BCUT2D eigenvalue weighted by Crippen LogP contribution is -2.25. The Balaban J connectivity index is 0.000000878. The number of allylic oxidation sites excluding steroid dienone is 1. The molecule has 0 fully saturated rings. The number of rotatable bonds is 4. The van der Waals surface area contributed by atoms with E-state index in [1.165, 1.54) is 11.3 Å². The van der Waals surface area contributed by atoms with E-state index < -0.39 is 11.9 Å². The number of nitrogens with two attached hydrogens (primary N) is 1. The minimum Gasteiger partial charge on any atom is -0.463 e. The van der Waals surface area contributed by atoms with Crippen LogP contribution in [-0.2, 0) is 14.3 Å². The summed E-state index contributed by atoms with van der Waals surface area (Å²) < 4.78 is 10.9. The van der Waals surface area contributed by atoms with Crippen LogP contribution in [0.3, 0.4) is 0 Å². The van der Waals surface area contributed by atoms with Gasteiger partial charge in [-0.1, -0.05) is 30.3 Å². The van der Waals surface area contributed by atoms with Gasteiger partial charge in [0, 0.05) is 12.2 Å². The zero-order valence-electron chi connectivity index (χ0n) is 15.7. The Morgan fingerprint density at radius 3 is 2.54 bits per heavy atom. The molecule has 1 aliphatic heterocycles. The van der Waals surface area contributed by atoms with Crippen LogP contribution in [-0.4, -0.2) is 24.3 Å². The number of aliphatic hydroxyl groups excluding tert-OH is 1. The molecule has 3 rings (SSSR count). The smallest absolute Gasteiger partial charge is 0.338 e. The number of benzene rings is 1. The molecule has 0 saturated carbocycles. The van der Waals surface area contributed by atoms with Crippen LogP contribution in [0.2, 0.25) is 0 Å². The van der Waals surface area contributed by atoms with Crippen molar-refractivity contribution in [1.29, 1.82) is 5.26 Å². The second kappa shape index (κ2) is 10.3. The summed E-state index contributed by atoms with van der Waals surface area (Å²) in [5, 5.41) is 20.9. The quantitative estimate of drug-likeness (QED) is 0.763. The van der Waals surface area contributed by atoms with Crippen LogP contribution in [0.25, 0.3) is 5.76 Å². The molecule has 3 N–H and O–H groups in total. The zero-order valence-corrected chi connectivity index (χ0v) is 16.5. The summed E-state index contributed by atoms with van der Waals surface area (Å²) in [7, 11) is 0. The van der Waals surface area contributed by atoms with E-state index in [4.69, 9.17) is 20.3 Å². The first-order chi connectivity index (χ1) is 13.6. The second-order valence-corrected chi connectivity index (χ2v) is 6.41. The fourth-order valence-corrected chi connectivity index (χ4v) is 3.44. The van der Waals surface area contributed by atoms with Gasteiger partial charge in [-0.3, -0.25) is 0 Å². The van der Waals surface area contributed by atoms with Gasteiger partial charge in [-0.2, -0.15) is 16.6 Å². The summed E-state index contributed by atoms with van der Waals surface area (Å²) >= 11 is 1.48. The molecule has 1 aromatic heterocycles. The number of hydrogen-bond donors (Lipinski definition) is 2. The predicted molar refractivity (Wildman–Crippen MR) is 108 cm³/mol. The molecule has 1 aliphatic rings. The van der Waals surface area contributed by atoms with Gasteiger partial charge in [0.2, 0.25) is 5.88 Å². The lowest BCUT2D eigenvalue weighted by Gasteiger charge is -2.27. The molecule has 6 nitrogen and oxygen atoms in total. The molecule has 0 spiro atoms. The van der Waals surface area contributed by atoms with Crippen molar-refractivity contribution < 1.29 is 19.4 Å². The molecule has 0 saturated heterocycles. The molecule has 0 amide bonds. The first kappa shape index (κ1) is 21.2. The Labute approximate surface area is 168 Å². The molecule has 146 valence electrons. The van der Waals surface area contributed by atoms with Crippen molar-refractivity contribution in [2.75, 3.05) is 13.2 Å². The van der Waals surface area contributed by atoms with Gasteiger partial charge in [0.05, 0.1) is 18.1 Å². The van der Waals surface area contributed by atoms with Crippen molar-refractivity contribution >= 4 is 23.1 Å². The third kappa shape index (κ3) is 4.60. The first-order valence-electron chi connectivity index (χ1n) is 8.76. The van der Waals surface area contributed by atoms with Crippen LogP contribution >= 0.6 is 11.3 Å². The molecular formula is C21H22N2O4S. The van der Waals surface area contributed by atoms with Gasteiger partial charge in [0.15, 0.2) is 0 Å². The van der Waals surface area contributed by atoms with E-state index in [9.17, 15) is 10.1 Å². The summed E-state index contributed by atoms with van der Waals surface area (Å²) in [5.41, 5.74) is 8.01. The van der Waals surface area contributed by atoms with E-state index in [0.717, 1.165) is 5.56 Å². The Morgan fingerprint density at radius 2 is 2.00 bits per heavy atom. The number of ether oxygens (including phenoxy) is 2. The number of hydrogen-bond acceptors (Lipinski definition) is 7. The largest absolute Gasteiger partial charge is 0.463 e. The third-order valence-electron chi connectivity index (χ3n) is 3.83. The maximum absolute atomic E-state index is 12.7. The van der Waals surface area contributed by atoms with Gasteiger partial charge in [-0.05, 0) is 36.2 Å². The van der Waals surface area contributed by atoms with Crippen molar-refractivity contribution in [2.45, 2.75) is 19.8 Å². The van der Waals surface area contributed by atoms with Crippen molar-refractivity contribution in [3.05, 3.63) is 75.3 Å². The standard InChI is InChI=1S/C19H16N2O3S.C2H6O/c1-2-23-19(22)16-15(13-8-9-25-11-13)14(10-20)18(21)24-17(16)12-6-4-3-5-7-12;1-2-3/h3-9,11,15H,2,21H2,1H3;3H,2H2,1H3. The number of carbonyl (C=O) groups excluding carboxylic acids is 1. The third-order valence-corrected chi connectivity index (χ3v) is 4.53. The summed E-state index contributed by atoms with van der Waals surface area (Å²) in [6.07, 6.45) is 0. The van der Waals surface area contributed by atoms with Crippen molar-refractivity contribution in [2.24, 2.45) is 5.73 Å². The number of nitrogens with zero attached hydrogens (tertiary/aromatic N) is 1. The lowest BCUT2D eigenvalue weighted by molar-refractivity contribution is -0.138. The number of esters is 1. The van der Waals surface area contributed by atoms with Crippen molar-refractivity contribution in [1.82, 2.24) is 0 Å². The van der Waals surface area contributed by atoms with Crippen LogP contribution in [0.5, 0.6) is 0 Å². The van der Waals surface area contributed by atoms with Gasteiger partial charge in [0.25, 0.3) is 0 Å². The minimum absolute atomic E-state index is 0.00519. The average Bonchev–Trinajstić information content (AvgIpc) is 3.23. The first-order valence-corrected chi connectivity index (χ1v) is 9.70. The average molecular weight is 398 g/mol. The molecule has 0 radical (unpaired) electrons. The Bertz CT molecular complexity index is 896. The lowest BCUT2D eigenvalue weighted by atomic mass is 9.83. The van der Waals surface area contributed by atoms with Gasteiger partial charge < -0.3 is 20.3 Å². The molecule has 1 unspecified atom stereocenters. The highest BCUT2D eigenvalue weighted by Gasteiger charge is 2.38. The van der Waals surface area contributed by atoms with Gasteiger partial charge in [-0.25, -0.2) is 4.79 Å². The Kier molecular flexibility index (Phi) is 7.81. The number of aliphatic hydroxyl groups is 1. The molecule has 1 aromatic carbocycles. The van der Waals surface area contributed by atoms with E-state index in [1.807, 2.05) is 47.2 Å². The van der Waals surface area contributed by atoms with Gasteiger partial charge >= 0.3 is 5.97 Å². The monoisotopic (exact) mass is 398 g/mol. The van der Waals surface area contributed by atoms with Crippen molar-refractivity contribution in [3.63, 3.8) is 0 Å². The van der Waals surface area contributed by atoms with Crippen LogP contribution in [0.4, 0.5) is 0 Å². The maximum Gasteiger partial charge on any atom is 0.338 e. The van der Waals surface area contributed by atoms with E-state index >= 15 is 0 Å². The van der Waals surface area contributed by atoms with E-state index in [0.29, 0.717) is 11.3 Å². The van der Waals surface area contributed by atoms with Gasteiger partial charge in [-0.15, -0.1) is 0 Å².